The van der Waals surface area contributed by atoms with Crippen LogP contribution in [-0.4, -0.2) is 32.4 Å². The molecule has 0 atom stereocenters. The van der Waals surface area contributed by atoms with Gasteiger partial charge in [0.05, 0.1) is 39.4 Å². The smallest absolute Gasteiger partial charge is 0.266 e. The van der Waals surface area contributed by atoms with Gasteiger partial charge >= 0.3 is 0 Å². The molecule has 0 spiro atoms. The number of rotatable bonds is 8. The summed E-state index contributed by atoms with van der Waals surface area (Å²) in [5.74, 6) is 0.313. The molecule has 0 aliphatic carbocycles. The number of para-hydroxylation sites is 1. The summed E-state index contributed by atoms with van der Waals surface area (Å²) in [6, 6.07) is 20.7. The van der Waals surface area contributed by atoms with E-state index in [9.17, 15) is 13.0 Å². The lowest BCUT2D eigenvalue weighted by atomic mass is 10.1. The maximum absolute atomic E-state index is 11.2. The maximum atomic E-state index is 11.2. The van der Waals surface area contributed by atoms with Crippen molar-refractivity contribution in [2.45, 2.75) is 24.8 Å². The lowest BCUT2D eigenvalue weighted by Gasteiger charge is -2.21. The average molecular weight is 539 g/mol. The molecule has 0 saturated heterocycles. The molecule has 0 fully saturated rings. The number of nitrogens with zero attached hydrogens (tertiary/aromatic N) is 2. The first-order chi connectivity index (χ1) is 17.4. The van der Waals surface area contributed by atoms with Crippen LogP contribution in [0.15, 0.2) is 82.4 Å². The summed E-state index contributed by atoms with van der Waals surface area (Å²) in [4.78, 5) is 3.14. The fourth-order valence-corrected chi connectivity index (χ4v) is 7.28. The quantitative estimate of drug-likeness (QED) is 0.162. The van der Waals surface area contributed by atoms with Crippen LogP contribution in [0.4, 0.5) is 5.69 Å². The molecule has 6 nitrogen and oxygen atoms in total. The maximum Gasteiger partial charge on any atom is 0.266 e. The third kappa shape index (κ3) is 5.01. The van der Waals surface area contributed by atoms with Gasteiger partial charge in [0.15, 0.2) is 0 Å². The van der Waals surface area contributed by atoms with Crippen LogP contribution in [0.25, 0.3) is 27.1 Å². The van der Waals surface area contributed by atoms with Crippen molar-refractivity contribution < 1.29 is 22.3 Å². The van der Waals surface area contributed by atoms with Crippen molar-refractivity contribution >= 4 is 66.0 Å². The number of thioether (sulfide) groups is 1. The Balaban J connectivity index is 1.54. The third-order valence-electron chi connectivity index (χ3n) is 6.11. The van der Waals surface area contributed by atoms with Gasteiger partial charge in [-0.25, -0.2) is 8.42 Å². The van der Waals surface area contributed by atoms with Gasteiger partial charge in [0.2, 0.25) is 5.52 Å². The van der Waals surface area contributed by atoms with Crippen LogP contribution in [-0.2, 0) is 21.4 Å². The summed E-state index contributed by atoms with van der Waals surface area (Å²) >= 11 is 3.33. The van der Waals surface area contributed by atoms with Gasteiger partial charge in [-0.15, -0.1) is 0 Å². The third-order valence-corrected chi connectivity index (χ3v) is 9.11. The number of thiazole rings is 1. The van der Waals surface area contributed by atoms with Crippen molar-refractivity contribution in [2.75, 3.05) is 24.3 Å². The summed E-state index contributed by atoms with van der Waals surface area (Å²) in [5, 5.41) is 4.46. The monoisotopic (exact) mass is 538 g/mol. The highest BCUT2D eigenvalue weighted by Gasteiger charge is 2.26. The van der Waals surface area contributed by atoms with Crippen LogP contribution in [0.3, 0.4) is 0 Å². The molecule has 3 aromatic carbocycles. The first-order valence-corrected chi connectivity index (χ1v) is 14.9. The zero-order chi connectivity index (χ0) is 25.3. The number of aryl methyl sites for hydroxylation is 1. The molecule has 0 bridgehead atoms. The second-order valence-corrected chi connectivity index (χ2v) is 12.0. The zero-order valence-corrected chi connectivity index (χ0v) is 22.5. The molecular formula is C27H26N2O4S3. The lowest BCUT2D eigenvalue weighted by molar-refractivity contribution is -0.664. The van der Waals surface area contributed by atoms with E-state index in [1.165, 1.54) is 21.0 Å². The molecule has 9 heteroatoms. The molecule has 1 aliphatic rings. The van der Waals surface area contributed by atoms with Crippen LogP contribution in [0, 0.1) is 0 Å². The van der Waals surface area contributed by atoms with Crippen LogP contribution in [0.1, 0.15) is 18.4 Å². The van der Waals surface area contributed by atoms with E-state index in [0.29, 0.717) is 12.3 Å². The minimum absolute atomic E-state index is 0.253. The second kappa shape index (κ2) is 10.3. The molecule has 1 aromatic heterocycles. The second-order valence-electron chi connectivity index (χ2n) is 8.39. The Kier molecular flexibility index (Phi) is 7.07. The number of benzene rings is 3. The zero-order valence-electron chi connectivity index (χ0n) is 20.0. The number of hydrogen-bond donors (Lipinski definition) is 0. The summed E-state index contributed by atoms with van der Waals surface area (Å²) in [7, 11) is -2.60. The molecule has 2 heterocycles. The van der Waals surface area contributed by atoms with Crippen LogP contribution < -0.4 is 9.47 Å². The van der Waals surface area contributed by atoms with Gasteiger partial charge in [0.1, 0.15) is 17.0 Å². The van der Waals surface area contributed by atoms with Gasteiger partial charge in [-0.2, -0.15) is 4.57 Å². The molecule has 0 unspecified atom stereocenters. The summed E-state index contributed by atoms with van der Waals surface area (Å²) in [6.07, 6.45) is 4.29. The summed E-state index contributed by atoms with van der Waals surface area (Å²) in [5.41, 5.74) is 2.22. The number of anilines is 1. The highest BCUT2D eigenvalue weighted by molar-refractivity contribution is 8.03. The van der Waals surface area contributed by atoms with Gasteiger partial charge in [0.25, 0.3) is 5.01 Å². The average Bonchev–Trinajstić information content (AvgIpc) is 3.40. The molecule has 1 aliphatic heterocycles. The number of aromatic nitrogens is 1. The Morgan fingerprint density at radius 1 is 1.11 bits per heavy atom. The number of allylic oxidation sites excluding steroid dienone is 1. The Morgan fingerprint density at radius 2 is 1.89 bits per heavy atom. The van der Waals surface area contributed by atoms with E-state index in [2.05, 4.69) is 58.9 Å². The van der Waals surface area contributed by atoms with Crippen molar-refractivity contribution in [2.24, 2.45) is 0 Å². The highest BCUT2D eigenvalue weighted by Crippen LogP contribution is 2.46. The van der Waals surface area contributed by atoms with Crippen LogP contribution >= 0.6 is 23.1 Å². The molecule has 36 heavy (non-hydrogen) atoms. The summed E-state index contributed by atoms with van der Waals surface area (Å²) in [6.45, 7) is 3.40. The van der Waals surface area contributed by atoms with E-state index in [-0.39, 0.29) is 12.2 Å². The Bertz CT molecular complexity index is 1610. The van der Waals surface area contributed by atoms with Gasteiger partial charge in [-0.05, 0) is 43.0 Å². The standard InChI is InChI=1S/C27H26N2O4S3/c1-3-28-25(35-24-14-13-19-9-4-5-10-21(19)27(24)28)17-20(33-2)18-26-29(15-8-16-36(30,31)32)22-11-6-7-12-23(22)34-26/h4-7,9-14,17-18H,3,8,15-16H2,1-2H3. The predicted octanol–water partition coefficient (Wildman–Crippen LogP) is 5.74. The number of fused-ring (bicyclic) bond motifs is 4. The summed E-state index contributed by atoms with van der Waals surface area (Å²) < 4.78 is 42.8. The fourth-order valence-electron chi connectivity index (χ4n) is 4.49. The number of ether oxygens (including phenoxy) is 1. The van der Waals surface area contributed by atoms with Crippen molar-refractivity contribution in [3.8, 4) is 0 Å². The van der Waals surface area contributed by atoms with Crippen molar-refractivity contribution in [1.82, 2.24) is 0 Å². The van der Waals surface area contributed by atoms with Gasteiger partial charge in [-0.1, -0.05) is 59.5 Å². The largest absolute Gasteiger partial charge is 0.748 e. The van der Waals surface area contributed by atoms with Crippen LogP contribution in [0.2, 0.25) is 0 Å². The predicted molar refractivity (Wildman–Crippen MR) is 147 cm³/mol. The van der Waals surface area contributed by atoms with Crippen molar-refractivity contribution in [3.05, 3.63) is 82.5 Å². The lowest BCUT2D eigenvalue weighted by Crippen LogP contribution is -2.33. The first-order valence-electron chi connectivity index (χ1n) is 11.7. The van der Waals surface area contributed by atoms with Crippen molar-refractivity contribution in [1.29, 1.82) is 0 Å². The normalized spacial score (nSPS) is 15.2. The van der Waals surface area contributed by atoms with Gasteiger partial charge in [-0.3, -0.25) is 0 Å². The molecule has 0 amide bonds. The Morgan fingerprint density at radius 3 is 2.67 bits per heavy atom. The Labute approximate surface area is 219 Å². The number of methoxy groups -OCH3 is 1. The molecule has 0 saturated carbocycles. The van der Waals surface area contributed by atoms with E-state index in [1.54, 1.807) is 30.2 Å². The number of hydrogen-bond acceptors (Lipinski definition) is 7. The van der Waals surface area contributed by atoms with E-state index in [0.717, 1.165) is 27.2 Å². The van der Waals surface area contributed by atoms with Crippen LogP contribution in [0.5, 0.6) is 0 Å². The van der Waals surface area contributed by atoms with Gasteiger partial charge < -0.3 is 14.2 Å². The van der Waals surface area contributed by atoms with E-state index >= 15 is 0 Å². The molecule has 5 rings (SSSR count). The molecular weight excluding hydrogens is 513 g/mol. The highest BCUT2D eigenvalue weighted by atomic mass is 32.2. The van der Waals surface area contributed by atoms with E-state index in [4.69, 9.17) is 4.74 Å². The molecule has 4 aromatic rings. The van der Waals surface area contributed by atoms with E-state index in [1.807, 2.05) is 30.3 Å². The Hall–Kier alpha value is -2.85. The fraction of sp³-hybridized carbons (Fsp3) is 0.222. The van der Waals surface area contributed by atoms with E-state index < -0.39 is 10.1 Å². The molecule has 0 radical (unpaired) electrons. The minimum atomic E-state index is -4.26. The topological polar surface area (TPSA) is 73.6 Å². The van der Waals surface area contributed by atoms with Crippen molar-refractivity contribution in [3.63, 3.8) is 0 Å². The molecule has 186 valence electrons. The first kappa shape index (κ1) is 24.8. The molecule has 0 N–H and O–H groups in total. The van der Waals surface area contributed by atoms with Gasteiger partial charge in [0, 0.05) is 23.3 Å². The minimum Gasteiger partial charge on any atom is -0.748 e. The SMILES string of the molecule is CC[n+]1c(/C=C(/C=C2\Sc3ccccc3N2CCCS(=O)(=O)[O-])OC)sc2ccc3ccccc3c21.